The zero-order valence-electron chi connectivity index (χ0n) is 11.2. The minimum atomic E-state index is -0.227. The average molecular weight is 222 g/mol. The Morgan fingerprint density at radius 2 is 1.81 bits per heavy atom. The topological polar surface area (TPSA) is 35.8 Å². The maximum absolute atomic E-state index is 8.95. The molecule has 0 aromatic carbocycles. The quantitative estimate of drug-likeness (QED) is 0.792. The van der Waals surface area contributed by atoms with Crippen LogP contribution >= 0.6 is 0 Å². The zero-order chi connectivity index (χ0) is 12.2. The van der Waals surface area contributed by atoms with Gasteiger partial charge in [-0.05, 0) is 51.4 Å². The lowest BCUT2D eigenvalue weighted by Crippen LogP contribution is -2.39. The molecular weight excluding hydrogens is 196 g/mol. The van der Waals surface area contributed by atoms with Gasteiger partial charge in [0.1, 0.15) is 0 Å². The number of nitriles is 1. The van der Waals surface area contributed by atoms with E-state index in [0.29, 0.717) is 6.04 Å². The van der Waals surface area contributed by atoms with Crippen LogP contribution in [0, 0.1) is 28.6 Å². The highest BCUT2D eigenvalue weighted by Gasteiger charge is 2.24. The second-order valence-electron chi connectivity index (χ2n) is 6.23. The molecule has 2 heteroatoms. The van der Waals surface area contributed by atoms with Crippen molar-refractivity contribution in [1.82, 2.24) is 5.32 Å². The Morgan fingerprint density at radius 1 is 1.25 bits per heavy atom. The van der Waals surface area contributed by atoms with Crippen LogP contribution < -0.4 is 5.32 Å². The van der Waals surface area contributed by atoms with Crippen molar-refractivity contribution in [3.05, 3.63) is 0 Å². The van der Waals surface area contributed by atoms with Gasteiger partial charge in [0.05, 0.1) is 11.5 Å². The highest BCUT2D eigenvalue weighted by Crippen LogP contribution is 2.30. The van der Waals surface area contributed by atoms with Crippen LogP contribution in [0.15, 0.2) is 0 Å². The molecule has 0 aromatic heterocycles. The Hall–Kier alpha value is -0.550. The molecule has 0 radical (unpaired) electrons. The van der Waals surface area contributed by atoms with Gasteiger partial charge in [-0.15, -0.1) is 0 Å². The molecule has 0 spiro atoms. The van der Waals surface area contributed by atoms with Gasteiger partial charge < -0.3 is 5.32 Å². The monoisotopic (exact) mass is 222 g/mol. The summed E-state index contributed by atoms with van der Waals surface area (Å²) in [6.45, 7) is 9.48. The molecular formula is C14H26N2. The standard InChI is InChI=1S/C14H26N2/c1-11(2)12-5-7-13(8-6-12)16-10-14(3,4)9-15/h11-13,16H,5-8,10H2,1-4H3. The summed E-state index contributed by atoms with van der Waals surface area (Å²) < 4.78 is 0. The van der Waals surface area contributed by atoms with Crippen LogP contribution in [0.3, 0.4) is 0 Å². The summed E-state index contributed by atoms with van der Waals surface area (Å²) in [7, 11) is 0. The summed E-state index contributed by atoms with van der Waals surface area (Å²) in [5.74, 6) is 1.75. The lowest BCUT2D eigenvalue weighted by Gasteiger charge is -2.32. The Balaban J connectivity index is 2.26. The van der Waals surface area contributed by atoms with Gasteiger partial charge >= 0.3 is 0 Å². The predicted molar refractivity (Wildman–Crippen MR) is 68.0 cm³/mol. The molecule has 16 heavy (non-hydrogen) atoms. The van der Waals surface area contributed by atoms with Crippen molar-refractivity contribution < 1.29 is 0 Å². The first-order valence-corrected chi connectivity index (χ1v) is 6.59. The summed E-state index contributed by atoms with van der Waals surface area (Å²) >= 11 is 0. The number of hydrogen-bond acceptors (Lipinski definition) is 2. The van der Waals surface area contributed by atoms with E-state index in [9.17, 15) is 0 Å². The number of hydrogen-bond donors (Lipinski definition) is 1. The first-order chi connectivity index (χ1) is 7.44. The van der Waals surface area contributed by atoms with E-state index in [1.54, 1.807) is 0 Å². The molecule has 1 saturated carbocycles. The third-order valence-corrected chi connectivity index (χ3v) is 3.85. The van der Waals surface area contributed by atoms with Gasteiger partial charge in [-0.2, -0.15) is 5.26 Å². The summed E-state index contributed by atoms with van der Waals surface area (Å²) in [5.41, 5.74) is -0.227. The van der Waals surface area contributed by atoms with Crippen LogP contribution in [0.2, 0.25) is 0 Å². The van der Waals surface area contributed by atoms with E-state index in [4.69, 9.17) is 5.26 Å². The third kappa shape index (κ3) is 4.14. The van der Waals surface area contributed by atoms with Crippen molar-refractivity contribution in [2.45, 2.75) is 59.4 Å². The van der Waals surface area contributed by atoms with Crippen LogP contribution in [0.4, 0.5) is 0 Å². The molecule has 0 bridgehead atoms. The summed E-state index contributed by atoms with van der Waals surface area (Å²) in [6.07, 6.45) is 5.26. The summed E-state index contributed by atoms with van der Waals surface area (Å²) in [4.78, 5) is 0. The SMILES string of the molecule is CC(C)C1CCC(NCC(C)(C)C#N)CC1. The van der Waals surface area contributed by atoms with Crippen molar-refractivity contribution in [2.75, 3.05) is 6.54 Å². The molecule has 1 fully saturated rings. The molecule has 1 N–H and O–H groups in total. The largest absolute Gasteiger partial charge is 0.312 e. The predicted octanol–water partition coefficient (Wildman–Crippen LogP) is 3.34. The smallest absolute Gasteiger partial charge is 0.0697 e. The Morgan fingerprint density at radius 3 is 2.25 bits per heavy atom. The maximum atomic E-state index is 8.95. The van der Waals surface area contributed by atoms with Crippen molar-refractivity contribution in [2.24, 2.45) is 17.3 Å². The molecule has 0 aliphatic heterocycles. The molecule has 0 amide bonds. The van der Waals surface area contributed by atoms with Gasteiger partial charge in [-0.3, -0.25) is 0 Å². The molecule has 1 rings (SSSR count). The Bertz CT molecular complexity index is 242. The van der Waals surface area contributed by atoms with Crippen molar-refractivity contribution in [3.63, 3.8) is 0 Å². The number of rotatable bonds is 4. The highest BCUT2D eigenvalue weighted by atomic mass is 14.9. The van der Waals surface area contributed by atoms with E-state index in [2.05, 4.69) is 25.2 Å². The van der Waals surface area contributed by atoms with E-state index in [-0.39, 0.29) is 5.41 Å². The van der Waals surface area contributed by atoms with Crippen LogP contribution in [0.1, 0.15) is 53.4 Å². The van der Waals surface area contributed by atoms with E-state index >= 15 is 0 Å². The minimum absolute atomic E-state index is 0.227. The summed E-state index contributed by atoms with van der Waals surface area (Å²) in [5, 5.41) is 12.5. The average Bonchev–Trinajstić information content (AvgIpc) is 2.27. The lowest BCUT2D eigenvalue weighted by atomic mass is 9.79. The fraction of sp³-hybridized carbons (Fsp3) is 0.929. The van der Waals surface area contributed by atoms with Gasteiger partial charge in [0.25, 0.3) is 0 Å². The summed E-state index contributed by atoms with van der Waals surface area (Å²) in [6, 6.07) is 2.99. The Kier molecular flexibility index (Phi) is 4.80. The van der Waals surface area contributed by atoms with Crippen molar-refractivity contribution >= 4 is 0 Å². The highest BCUT2D eigenvalue weighted by molar-refractivity contribution is 4.94. The number of nitrogens with one attached hydrogen (secondary N) is 1. The second kappa shape index (κ2) is 5.68. The molecule has 0 heterocycles. The third-order valence-electron chi connectivity index (χ3n) is 3.85. The van der Waals surface area contributed by atoms with E-state index in [1.165, 1.54) is 25.7 Å². The van der Waals surface area contributed by atoms with Gasteiger partial charge in [-0.25, -0.2) is 0 Å². The lowest BCUT2D eigenvalue weighted by molar-refractivity contribution is 0.231. The fourth-order valence-corrected chi connectivity index (χ4v) is 2.43. The minimum Gasteiger partial charge on any atom is -0.312 e. The zero-order valence-corrected chi connectivity index (χ0v) is 11.2. The van der Waals surface area contributed by atoms with Crippen molar-refractivity contribution in [3.8, 4) is 6.07 Å². The van der Waals surface area contributed by atoms with Gasteiger partial charge in [0, 0.05) is 12.6 Å². The molecule has 0 atom stereocenters. The second-order valence-corrected chi connectivity index (χ2v) is 6.23. The Labute approximate surface area is 100 Å². The maximum Gasteiger partial charge on any atom is 0.0697 e. The molecule has 2 nitrogen and oxygen atoms in total. The molecule has 1 aliphatic rings. The van der Waals surface area contributed by atoms with Gasteiger partial charge in [0.15, 0.2) is 0 Å². The van der Waals surface area contributed by atoms with Crippen LogP contribution in [-0.4, -0.2) is 12.6 Å². The molecule has 1 aliphatic carbocycles. The van der Waals surface area contributed by atoms with E-state index in [1.807, 2.05) is 13.8 Å². The molecule has 92 valence electrons. The molecule has 0 aromatic rings. The molecule has 0 unspecified atom stereocenters. The number of nitrogens with zero attached hydrogens (tertiary/aromatic N) is 1. The fourth-order valence-electron chi connectivity index (χ4n) is 2.43. The van der Waals surface area contributed by atoms with Crippen LogP contribution in [0.25, 0.3) is 0 Å². The normalized spacial score (nSPS) is 26.8. The van der Waals surface area contributed by atoms with Crippen LogP contribution in [-0.2, 0) is 0 Å². The van der Waals surface area contributed by atoms with Crippen LogP contribution in [0.5, 0.6) is 0 Å². The van der Waals surface area contributed by atoms with E-state index < -0.39 is 0 Å². The van der Waals surface area contributed by atoms with Gasteiger partial charge in [-0.1, -0.05) is 13.8 Å². The van der Waals surface area contributed by atoms with Gasteiger partial charge in [0.2, 0.25) is 0 Å². The first-order valence-electron chi connectivity index (χ1n) is 6.59. The molecule has 0 saturated heterocycles. The van der Waals surface area contributed by atoms with E-state index in [0.717, 1.165) is 18.4 Å². The first kappa shape index (κ1) is 13.5. The van der Waals surface area contributed by atoms with Crippen molar-refractivity contribution in [1.29, 1.82) is 5.26 Å².